The third-order valence-electron chi connectivity index (χ3n) is 5.55. The Bertz CT molecular complexity index is 858. The molecule has 170 valence electrons. The number of aliphatic imine (C=N–C) groups is 1. The number of aromatic nitrogens is 3. The minimum absolute atomic E-state index is 0.472. The van der Waals surface area contributed by atoms with Crippen LogP contribution in [-0.2, 0) is 24.9 Å². The molecule has 1 aliphatic heterocycles. The molecule has 2 heterocycles. The fraction of sp³-hybridized carbons (Fsp3) is 0.609. The van der Waals surface area contributed by atoms with Crippen LogP contribution in [-0.4, -0.2) is 47.1 Å². The Morgan fingerprint density at radius 3 is 2.87 bits per heavy atom. The van der Waals surface area contributed by atoms with Gasteiger partial charge in [0.2, 0.25) is 0 Å². The van der Waals surface area contributed by atoms with E-state index in [2.05, 4.69) is 52.9 Å². The summed E-state index contributed by atoms with van der Waals surface area (Å²) in [5, 5.41) is 15.2. The van der Waals surface area contributed by atoms with E-state index in [1.165, 1.54) is 5.56 Å². The molecular formula is C23H36N6O2. The van der Waals surface area contributed by atoms with Crippen LogP contribution in [0.4, 0.5) is 0 Å². The molecule has 1 unspecified atom stereocenters. The van der Waals surface area contributed by atoms with Crippen molar-refractivity contribution < 1.29 is 9.47 Å². The van der Waals surface area contributed by atoms with Crippen molar-refractivity contribution >= 4 is 5.96 Å². The lowest BCUT2D eigenvalue weighted by Crippen LogP contribution is -2.38. The van der Waals surface area contributed by atoms with Gasteiger partial charge >= 0.3 is 0 Å². The number of rotatable bonds is 10. The number of unbranched alkanes of at least 4 members (excludes halogenated alkanes) is 1. The van der Waals surface area contributed by atoms with Crippen molar-refractivity contribution in [2.75, 3.05) is 26.4 Å². The molecule has 1 aromatic carbocycles. The third kappa shape index (κ3) is 6.95. The second-order valence-electron chi connectivity index (χ2n) is 8.17. The molecule has 31 heavy (non-hydrogen) atoms. The highest BCUT2D eigenvalue weighted by molar-refractivity contribution is 5.79. The molecule has 0 saturated carbocycles. The number of benzene rings is 1. The summed E-state index contributed by atoms with van der Waals surface area (Å²) in [5.41, 5.74) is 2.26. The number of aryl methyl sites for hydroxylation is 2. The van der Waals surface area contributed by atoms with Gasteiger partial charge in [-0.05, 0) is 38.3 Å². The van der Waals surface area contributed by atoms with Crippen LogP contribution < -0.4 is 15.4 Å². The monoisotopic (exact) mass is 428 g/mol. The number of guanidine groups is 1. The Balaban J connectivity index is 1.66. The van der Waals surface area contributed by atoms with Gasteiger partial charge in [-0.15, -0.1) is 10.2 Å². The minimum Gasteiger partial charge on any atom is -0.493 e. The topological polar surface area (TPSA) is 85.6 Å². The van der Waals surface area contributed by atoms with Crippen molar-refractivity contribution in [3.63, 3.8) is 0 Å². The fourth-order valence-electron chi connectivity index (χ4n) is 3.34. The van der Waals surface area contributed by atoms with E-state index in [4.69, 9.17) is 14.5 Å². The van der Waals surface area contributed by atoms with Crippen molar-refractivity contribution in [2.24, 2.45) is 18.0 Å². The van der Waals surface area contributed by atoms with Crippen molar-refractivity contribution in [1.29, 1.82) is 0 Å². The maximum atomic E-state index is 6.17. The summed E-state index contributed by atoms with van der Waals surface area (Å²) in [5.74, 6) is 3.92. The molecule has 0 radical (unpaired) electrons. The van der Waals surface area contributed by atoms with Crippen LogP contribution in [0.25, 0.3) is 0 Å². The summed E-state index contributed by atoms with van der Waals surface area (Å²) in [6.07, 6.45) is 3.28. The normalized spacial score (nSPS) is 16.5. The molecule has 3 rings (SSSR count). The van der Waals surface area contributed by atoms with E-state index in [1.54, 1.807) is 0 Å². The lowest BCUT2D eigenvalue weighted by Gasteiger charge is -2.15. The molecular weight excluding hydrogens is 392 g/mol. The summed E-state index contributed by atoms with van der Waals surface area (Å²) in [7, 11) is 1.97. The summed E-state index contributed by atoms with van der Waals surface area (Å²) in [6.45, 7) is 10.5. The van der Waals surface area contributed by atoms with E-state index >= 15 is 0 Å². The first-order valence-electron chi connectivity index (χ1n) is 11.2. The van der Waals surface area contributed by atoms with E-state index in [0.29, 0.717) is 25.6 Å². The Morgan fingerprint density at radius 1 is 1.29 bits per heavy atom. The maximum absolute atomic E-state index is 6.17. The molecule has 0 aliphatic carbocycles. The molecule has 1 fully saturated rings. The lowest BCUT2D eigenvalue weighted by atomic mass is 10.1. The Kier molecular flexibility index (Phi) is 8.70. The smallest absolute Gasteiger partial charge is 0.191 e. The highest BCUT2D eigenvalue weighted by Gasteiger charge is 2.17. The second kappa shape index (κ2) is 11.7. The minimum atomic E-state index is 0.472. The average Bonchev–Trinajstić information content (AvgIpc) is 3.40. The number of hydrogen-bond acceptors (Lipinski definition) is 5. The number of hydrogen-bond donors (Lipinski definition) is 2. The maximum Gasteiger partial charge on any atom is 0.191 e. The van der Waals surface area contributed by atoms with Gasteiger partial charge in [-0.2, -0.15) is 0 Å². The van der Waals surface area contributed by atoms with Crippen molar-refractivity contribution in [3.05, 3.63) is 41.0 Å². The van der Waals surface area contributed by atoms with Gasteiger partial charge in [0.25, 0.3) is 0 Å². The average molecular weight is 429 g/mol. The highest BCUT2D eigenvalue weighted by atomic mass is 16.5. The molecule has 1 saturated heterocycles. The molecule has 1 aromatic heterocycles. The summed E-state index contributed by atoms with van der Waals surface area (Å²) >= 11 is 0. The molecule has 1 atom stereocenters. The quantitative estimate of drug-likeness (QED) is 0.344. The SMILES string of the molecule is CCCCNC(=NCc1ccc(C)cc1OCC1CCOC1)NCc1nnc(C)n1C. The van der Waals surface area contributed by atoms with Gasteiger partial charge in [0.1, 0.15) is 11.6 Å². The highest BCUT2D eigenvalue weighted by Crippen LogP contribution is 2.23. The van der Waals surface area contributed by atoms with E-state index in [1.807, 2.05) is 18.5 Å². The van der Waals surface area contributed by atoms with E-state index in [0.717, 1.165) is 67.9 Å². The number of ether oxygens (including phenoxy) is 2. The van der Waals surface area contributed by atoms with Gasteiger partial charge in [-0.1, -0.05) is 25.5 Å². The van der Waals surface area contributed by atoms with Gasteiger partial charge in [0.05, 0.1) is 26.3 Å². The zero-order valence-corrected chi connectivity index (χ0v) is 19.3. The summed E-state index contributed by atoms with van der Waals surface area (Å²) < 4.78 is 13.6. The summed E-state index contributed by atoms with van der Waals surface area (Å²) in [6, 6.07) is 6.31. The molecule has 0 spiro atoms. The molecule has 8 nitrogen and oxygen atoms in total. The Morgan fingerprint density at radius 2 is 2.16 bits per heavy atom. The fourth-order valence-corrected chi connectivity index (χ4v) is 3.34. The predicted octanol–water partition coefficient (Wildman–Crippen LogP) is 2.88. The largest absolute Gasteiger partial charge is 0.493 e. The molecule has 1 aliphatic rings. The van der Waals surface area contributed by atoms with Gasteiger partial charge in [0, 0.05) is 31.7 Å². The van der Waals surface area contributed by atoms with Crippen LogP contribution in [0.2, 0.25) is 0 Å². The first-order chi connectivity index (χ1) is 15.1. The third-order valence-corrected chi connectivity index (χ3v) is 5.55. The molecule has 2 N–H and O–H groups in total. The lowest BCUT2D eigenvalue weighted by molar-refractivity contribution is 0.166. The van der Waals surface area contributed by atoms with Crippen LogP contribution in [0.5, 0.6) is 5.75 Å². The van der Waals surface area contributed by atoms with Crippen LogP contribution >= 0.6 is 0 Å². The van der Waals surface area contributed by atoms with Gasteiger partial charge < -0.3 is 24.7 Å². The first kappa shape index (κ1) is 23.1. The van der Waals surface area contributed by atoms with Crippen LogP contribution in [0.15, 0.2) is 23.2 Å². The predicted molar refractivity (Wildman–Crippen MR) is 122 cm³/mol. The first-order valence-corrected chi connectivity index (χ1v) is 11.2. The zero-order chi connectivity index (χ0) is 22.1. The summed E-state index contributed by atoms with van der Waals surface area (Å²) in [4.78, 5) is 4.82. The van der Waals surface area contributed by atoms with Gasteiger partial charge in [0.15, 0.2) is 11.8 Å². The van der Waals surface area contributed by atoms with Crippen molar-refractivity contribution in [2.45, 2.75) is 53.1 Å². The standard InChI is InChI=1S/C23H36N6O2/c1-5-6-10-24-23(26-14-22-28-27-18(3)29(22)4)25-13-20-8-7-17(2)12-21(20)31-16-19-9-11-30-15-19/h7-8,12,19H,5-6,9-11,13-16H2,1-4H3,(H2,24,25,26). The Hall–Kier alpha value is -2.61. The second-order valence-corrected chi connectivity index (χ2v) is 8.17. The van der Waals surface area contributed by atoms with Gasteiger partial charge in [-0.3, -0.25) is 0 Å². The Labute approximate surface area is 185 Å². The van der Waals surface area contributed by atoms with E-state index in [-0.39, 0.29) is 0 Å². The van der Waals surface area contributed by atoms with Crippen molar-refractivity contribution in [3.8, 4) is 5.75 Å². The zero-order valence-electron chi connectivity index (χ0n) is 19.3. The molecule has 0 amide bonds. The van der Waals surface area contributed by atoms with Crippen LogP contribution in [0, 0.1) is 19.8 Å². The van der Waals surface area contributed by atoms with Crippen LogP contribution in [0.3, 0.4) is 0 Å². The number of nitrogens with zero attached hydrogens (tertiary/aromatic N) is 4. The molecule has 8 heteroatoms. The number of nitrogens with one attached hydrogen (secondary N) is 2. The molecule has 0 bridgehead atoms. The van der Waals surface area contributed by atoms with E-state index in [9.17, 15) is 0 Å². The van der Waals surface area contributed by atoms with Crippen LogP contribution in [0.1, 0.15) is 49.0 Å². The molecule has 2 aromatic rings. The van der Waals surface area contributed by atoms with Gasteiger partial charge in [-0.25, -0.2) is 4.99 Å². The van der Waals surface area contributed by atoms with Crippen molar-refractivity contribution in [1.82, 2.24) is 25.4 Å². The van der Waals surface area contributed by atoms with E-state index < -0.39 is 0 Å².